The highest BCUT2D eigenvalue weighted by Crippen LogP contribution is 2.32. The Bertz CT molecular complexity index is 1130. The number of hydrogen-bond donors (Lipinski definition) is 0. The number of carbonyl (C=O) groups is 3. The van der Waals surface area contributed by atoms with Crippen molar-refractivity contribution in [2.45, 2.75) is 13.3 Å². The Labute approximate surface area is 188 Å². The van der Waals surface area contributed by atoms with Crippen LogP contribution >= 0.6 is 22.9 Å². The molecule has 158 valence electrons. The molecule has 2 aromatic carbocycles. The van der Waals surface area contributed by atoms with Gasteiger partial charge in [0.15, 0.2) is 17.5 Å². The minimum atomic E-state index is -0.624. The highest BCUT2D eigenvalue weighted by atomic mass is 35.5. The first-order chi connectivity index (χ1) is 14.9. The second-order valence-corrected chi connectivity index (χ2v) is 8.60. The van der Waals surface area contributed by atoms with Crippen molar-refractivity contribution in [3.63, 3.8) is 0 Å². The van der Waals surface area contributed by atoms with E-state index in [1.165, 1.54) is 16.2 Å². The maximum atomic E-state index is 12.5. The molecule has 6 nitrogen and oxygen atoms in total. The van der Waals surface area contributed by atoms with E-state index in [2.05, 4.69) is 4.98 Å². The first kappa shape index (κ1) is 21.2. The fourth-order valence-electron chi connectivity index (χ4n) is 3.27. The van der Waals surface area contributed by atoms with Crippen molar-refractivity contribution >= 4 is 45.7 Å². The molecule has 1 fully saturated rings. The molecule has 0 spiro atoms. The molecule has 8 heteroatoms. The number of rotatable bonds is 6. The molecule has 4 rings (SSSR count). The van der Waals surface area contributed by atoms with Crippen LogP contribution in [0.25, 0.3) is 11.3 Å². The predicted molar refractivity (Wildman–Crippen MR) is 119 cm³/mol. The Morgan fingerprint density at radius 3 is 2.58 bits per heavy atom. The Hall–Kier alpha value is -3.03. The number of thiazole rings is 1. The van der Waals surface area contributed by atoms with Gasteiger partial charge in [-0.15, -0.1) is 11.3 Å². The normalized spacial score (nSPS) is 15.9. The van der Waals surface area contributed by atoms with Crippen LogP contribution in [0.15, 0.2) is 53.9 Å². The number of amides is 1. The average Bonchev–Trinajstić information content (AvgIpc) is 3.39. The number of esters is 1. The van der Waals surface area contributed by atoms with Crippen LogP contribution in [-0.2, 0) is 14.3 Å². The fraction of sp³-hybridized carbons (Fsp3) is 0.217. The van der Waals surface area contributed by atoms with Gasteiger partial charge in [-0.2, -0.15) is 0 Å². The largest absolute Gasteiger partial charge is 0.457 e. The molecule has 1 atom stereocenters. The zero-order chi connectivity index (χ0) is 22.0. The summed E-state index contributed by atoms with van der Waals surface area (Å²) < 4.78 is 5.19. The zero-order valence-electron chi connectivity index (χ0n) is 16.7. The van der Waals surface area contributed by atoms with Crippen LogP contribution in [0.1, 0.15) is 22.3 Å². The molecule has 1 aliphatic rings. The summed E-state index contributed by atoms with van der Waals surface area (Å²) in [6.45, 7) is 1.77. The molecule has 0 N–H and O–H groups in total. The summed E-state index contributed by atoms with van der Waals surface area (Å²) in [6, 6.07) is 14.3. The molecular weight excluding hydrogens is 436 g/mol. The van der Waals surface area contributed by atoms with Gasteiger partial charge in [-0.1, -0.05) is 53.6 Å². The number of aryl methyl sites for hydroxylation is 1. The van der Waals surface area contributed by atoms with E-state index in [4.69, 9.17) is 16.3 Å². The van der Waals surface area contributed by atoms with E-state index in [1.807, 2.05) is 36.6 Å². The van der Waals surface area contributed by atoms with E-state index in [0.29, 0.717) is 15.7 Å². The predicted octanol–water partition coefficient (Wildman–Crippen LogP) is 4.55. The minimum absolute atomic E-state index is 0.0351. The van der Waals surface area contributed by atoms with E-state index < -0.39 is 11.9 Å². The molecule has 0 aliphatic carbocycles. The number of hydrogen-bond acceptors (Lipinski definition) is 6. The lowest BCUT2D eigenvalue weighted by Gasteiger charge is -2.12. The number of ether oxygens (including phenoxy) is 1. The summed E-state index contributed by atoms with van der Waals surface area (Å²) in [4.78, 5) is 43.1. The molecule has 1 amide bonds. The number of aromatic nitrogens is 1. The van der Waals surface area contributed by atoms with E-state index in [0.717, 1.165) is 16.8 Å². The second-order valence-electron chi connectivity index (χ2n) is 7.32. The summed E-state index contributed by atoms with van der Waals surface area (Å²) >= 11 is 7.26. The molecule has 0 radical (unpaired) electrons. The first-order valence-corrected chi connectivity index (χ1v) is 10.9. The van der Waals surface area contributed by atoms with Gasteiger partial charge in [0.25, 0.3) is 0 Å². The van der Waals surface area contributed by atoms with Gasteiger partial charge in [0.1, 0.15) is 0 Å². The third-order valence-electron chi connectivity index (χ3n) is 5.04. The van der Waals surface area contributed by atoms with Gasteiger partial charge in [0.05, 0.1) is 11.6 Å². The fourth-order valence-corrected chi connectivity index (χ4v) is 4.26. The first-order valence-electron chi connectivity index (χ1n) is 9.69. The Morgan fingerprint density at radius 1 is 1.16 bits per heavy atom. The molecule has 2 heterocycles. The molecular formula is C23H19ClN2O4S. The summed E-state index contributed by atoms with van der Waals surface area (Å²) in [5, 5.41) is 3.02. The summed E-state index contributed by atoms with van der Waals surface area (Å²) in [6.07, 6.45) is 0.0351. The summed E-state index contributed by atoms with van der Waals surface area (Å²) in [5.74, 6) is -1.64. The molecule has 31 heavy (non-hydrogen) atoms. The van der Waals surface area contributed by atoms with Crippen molar-refractivity contribution in [1.82, 2.24) is 4.98 Å². The number of anilines is 1. The van der Waals surface area contributed by atoms with Crippen molar-refractivity contribution in [2.75, 3.05) is 18.1 Å². The molecule has 0 saturated carbocycles. The van der Waals surface area contributed by atoms with E-state index >= 15 is 0 Å². The van der Waals surface area contributed by atoms with E-state index in [1.54, 1.807) is 24.3 Å². The third kappa shape index (κ3) is 4.84. The van der Waals surface area contributed by atoms with Crippen LogP contribution in [0.3, 0.4) is 0 Å². The van der Waals surface area contributed by atoms with Gasteiger partial charge in [0.2, 0.25) is 5.91 Å². The number of nitrogens with zero attached hydrogens (tertiary/aromatic N) is 2. The monoisotopic (exact) mass is 454 g/mol. The number of benzene rings is 2. The van der Waals surface area contributed by atoms with Crippen molar-refractivity contribution in [1.29, 1.82) is 0 Å². The maximum Gasteiger partial charge on any atom is 0.311 e. The maximum absolute atomic E-state index is 12.5. The van der Waals surface area contributed by atoms with Gasteiger partial charge < -0.3 is 4.74 Å². The third-order valence-corrected chi connectivity index (χ3v) is 6.16. The lowest BCUT2D eigenvalue weighted by Crippen LogP contribution is -2.27. The quantitative estimate of drug-likeness (QED) is 0.403. The van der Waals surface area contributed by atoms with Crippen molar-refractivity contribution in [2.24, 2.45) is 5.92 Å². The van der Waals surface area contributed by atoms with Crippen LogP contribution < -0.4 is 4.90 Å². The summed E-state index contributed by atoms with van der Waals surface area (Å²) in [5.41, 5.74) is 3.16. The SMILES string of the molecule is Cc1ccc(C(=O)COC(=O)[C@H]2CC(=O)N(c3nc(-c4ccc(Cl)cc4)cs3)C2)cc1. The van der Waals surface area contributed by atoms with Crippen LogP contribution in [0, 0.1) is 12.8 Å². The molecule has 0 unspecified atom stereocenters. The smallest absolute Gasteiger partial charge is 0.311 e. The van der Waals surface area contributed by atoms with Gasteiger partial charge in [-0.25, -0.2) is 4.98 Å². The van der Waals surface area contributed by atoms with E-state index in [9.17, 15) is 14.4 Å². The summed E-state index contributed by atoms with van der Waals surface area (Å²) in [7, 11) is 0. The molecule has 3 aromatic rings. The van der Waals surface area contributed by atoms with Crippen molar-refractivity contribution in [3.8, 4) is 11.3 Å². The number of carbonyl (C=O) groups excluding carboxylic acids is 3. The van der Waals surface area contributed by atoms with E-state index in [-0.39, 0.29) is 31.3 Å². The van der Waals surface area contributed by atoms with Crippen molar-refractivity contribution < 1.29 is 19.1 Å². The number of halogens is 1. The zero-order valence-corrected chi connectivity index (χ0v) is 18.3. The molecule has 1 aliphatic heterocycles. The molecule has 0 bridgehead atoms. The van der Waals surface area contributed by atoms with Crippen LogP contribution in [-0.4, -0.2) is 35.8 Å². The van der Waals surface area contributed by atoms with Crippen LogP contribution in [0.4, 0.5) is 5.13 Å². The minimum Gasteiger partial charge on any atom is -0.457 e. The van der Waals surface area contributed by atoms with Gasteiger partial charge in [-0.05, 0) is 19.1 Å². The number of Topliss-reactive ketones (excluding diaryl/α,β-unsaturated/α-hetero) is 1. The highest BCUT2D eigenvalue weighted by Gasteiger charge is 2.37. The lowest BCUT2D eigenvalue weighted by molar-refractivity contribution is -0.147. The topological polar surface area (TPSA) is 76.6 Å². The molecule has 1 aromatic heterocycles. The number of ketones is 1. The second kappa shape index (κ2) is 8.99. The van der Waals surface area contributed by atoms with Crippen molar-refractivity contribution in [3.05, 3.63) is 70.1 Å². The lowest BCUT2D eigenvalue weighted by atomic mass is 10.1. The highest BCUT2D eigenvalue weighted by molar-refractivity contribution is 7.14. The van der Waals surface area contributed by atoms with Crippen LogP contribution in [0.2, 0.25) is 5.02 Å². The standard InChI is InChI=1S/C23H19ClN2O4S/c1-14-2-4-16(5-3-14)20(27)12-30-22(29)17-10-21(28)26(11-17)23-25-19(13-31-23)15-6-8-18(24)9-7-15/h2-9,13,17H,10-12H2,1H3/t17-/m0/s1. The average molecular weight is 455 g/mol. The Kier molecular flexibility index (Phi) is 6.15. The van der Waals surface area contributed by atoms with Gasteiger partial charge in [0, 0.05) is 34.5 Å². The van der Waals surface area contributed by atoms with Gasteiger partial charge >= 0.3 is 5.97 Å². The molecule has 1 saturated heterocycles. The Balaban J connectivity index is 1.36. The van der Waals surface area contributed by atoms with Crippen LogP contribution in [0.5, 0.6) is 0 Å². The Morgan fingerprint density at radius 2 is 1.87 bits per heavy atom. The van der Waals surface area contributed by atoms with Gasteiger partial charge in [-0.3, -0.25) is 19.3 Å².